The van der Waals surface area contributed by atoms with Gasteiger partial charge in [0.25, 0.3) is 0 Å². The Morgan fingerprint density at radius 3 is 2.00 bits per heavy atom. The van der Waals surface area contributed by atoms with Crippen molar-refractivity contribution in [1.29, 1.82) is 0 Å². The fourth-order valence-electron chi connectivity index (χ4n) is 4.62. The fourth-order valence-corrected chi connectivity index (χ4v) is 4.62. The number of hydrogen-bond donors (Lipinski definition) is 1. The highest BCUT2D eigenvalue weighted by molar-refractivity contribution is 4.98. The smallest absolute Gasteiger partial charge is 0.0124 e. The summed E-state index contributed by atoms with van der Waals surface area (Å²) in [6, 6.07) is 2.73. The summed E-state index contributed by atoms with van der Waals surface area (Å²) >= 11 is 0. The van der Waals surface area contributed by atoms with E-state index >= 15 is 0 Å². The van der Waals surface area contributed by atoms with Gasteiger partial charge in [-0.3, -0.25) is 0 Å². The van der Waals surface area contributed by atoms with Crippen LogP contribution in [0.4, 0.5) is 0 Å². The van der Waals surface area contributed by atoms with Crippen molar-refractivity contribution >= 4 is 0 Å². The van der Waals surface area contributed by atoms with Gasteiger partial charge in [-0.25, -0.2) is 0 Å². The third-order valence-corrected chi connectivity index (χ3v) is 6.10. The first-order valence-electron chi connectivity index (χ1n) is 8.26. The van der Waals surface area contributed by atoms with E-state index in [1.165, 1.54) is 57.9 Å². The highest BCUT2D eigenvalue weighted by Gasteiger charge is 2.42. The predicted molar refractivity (Wildman–Crippen MR) is 74.5 cm³/mol. The van der Waals surface area contributed by atoms with E-state index in [4.69, 9.17) is 0 Å². The zero-order valence-corrected chi connectivity index (χ0v) is 11.8. The lowest BCUT2D eigenvalue weighted by Gasteiger charge is -2.37. The second kappa shape index (κ2) is 4.49. The molecule has 2 nitrogen and oxygen atoms in total. The topological polar surface area (TPSA) is 15.3 Å². The van der Waals surface area contributed by atoms with Gasteiger partial charge in [-0.15, -0.1) is 0 Å². The normalized spacial score (nSPS) is 40.7. The first kappa shape index (κ1) is 11.7. The second-order valence-corrected chi connectivity index (χ2v) is 7.50. The quantitative estimate of drug-likeness (QED) is 0.804. The molecule has 0 aromatic heterocycles. The Kier molecular flexibility index (Phi) is 2.92. The van der Waals surface area contributed by atoms with Gasteiger partial charge < -0.3 is 10.2 Å². The summed E-state index contributed by atoms with van der Waals surface area (Å²) in [6.45, 7) is 1.32. The minimum Gasteiger partial charge on any atom is -0.313 e. The van der Waals surface area contributed by atoms with Crippen molar-refractivity contribution in [2.75, 3.05) is 13.6 Å². The summed E-state index contributed by atoms with van der Waals surface area (Å²) in [6.07, 6.45) is 11.9. The Balaban J connectivity index is 1.30. The monoisotopic (exact) mass is 248 g/mol. The van der Waals surface area contributed by atoms with Crippen molar-refractivity contribution in [3.63, 3.8) is 0 Å². The zero-order valence-electron chi connectivity index (χ0n) is 11.8. The maximum absolute atomic E-state index is 3.98. The van der Waals surface area contributed by atoms with Gasteiger partial charge >= 0.3 is 0 Å². The van der Waals surface area contributed by atoms with Crippen LogP contribution in [-0.2, 0) is 0 Å². The van der Waals surface area contributed by atoms with Gasteiger partial charge in [0, 0.05) is 18.1 Å². The van der Waals surface area contributed by atoms with Crippen molar-refractivity contribution in [1.82, 2.24) is 10.2 Å². The van der Waals surface area contributed by atoms with E-state index in [9.17, 15) is 0 Å². The van der Waals surface area contributed by atoms with Crippen LogP contribution >= 0.6 is 0 Å². The third-order valence-electron chi connectivity index (χ3n) is 6.10. The van der Waals surface area contributed by atoms with Crippen molar-refractivity contribution in [2.24, 2.45) is 17.8 Å². The van der Waals surface area contributed by atoms with Crippen LogP contribution in [0, 0.1) is 17.8 Å². The first-order chi connectivity index (χ1) is 8.81. The Morgan fingerprint density at radius 1 is 0.944 bits per heavy atom. The summed E-state index contributed by atoms with van der Waals surface area (Å²) in [4.78, 5) is 2.66. The van der Waals surface area contributed by atoms with Crippen LogP contribution in [0.3, 0.4) is 0 Å². The van der Waals surface area contributed by atoms with E-state index in [1.54, 1.807) is 0 Å². The van der Waals surface area contributed by atoms with Gasteiger partial charge in [0.1, 0.15) is 0 Å². The van der Waals surface area contributed by atoms with Crippen LogP contribution in [0.25, 0.3) is 0 Å². The van der Waals surface area contributed by atoms with E-state index in [0.717, 1.165) is 35.9 Å². The number of piperidine rings is 1. The number of nitrogens with zero attached hydrogens (tertiary/aromatic N) is 1. The molecule has 0 aromatic rings. The minimum atomic E-state index is 0.905. The number of fused-ring (bicyclic) bond motifs is 2. The SMILES string of the molecule is CN1C2CCC1CC(CNC(C1CC1)C1CC1)C2. The van der Waals surface area contributed by atoms with E-state index in [2.05, 4.69) is 17.3 Å². The lowest BCUT2D eigenvalue weighted by molar-refractivity contribution is 0.130. The molecule has 2 bridgehead atoms. The molecule has 4 rings (SSSR count). The van der Waals surface area contributed by atoms with E-state index in [-0.39, 0.29) is 0 Å². The summed E-state index contributed by atoms with van der Waals surface area (Å²) in [5.74, 6) is 3.08. The largest absolute Gasteiger partial charge is 0.313 e. The molecule has 1 N–H and O–H groups in total. The van der Waals surface area contributed by atoms with Gasteiger partial charge in [-0.05, 0) is 82.7 Å². The van der Waals surface area contributed by atoms with Gasteiger partial charge in [0.2, 0.25) is 0 Å². The highest BCUT2D eigenvalue weighted by atomic mass is 15.2. The predicted octanol–water partition coefficient (Wildman–Crippen LogP) is 2.64. The summed E-state index contributed by atoms with van der Waals surface area (Å²) in [5, 5.41) is 3.98. The van der Waals surface area contributed by atoms with Gasteiger partial charge in [0.15, 0.2) is 0 Å². The zero-order chi connectivity index (χ0) is 12.1. The molecule has 2 aliphatic carbocycles. The molecule has 2 atom stereocenters. The second-order valence-electron chi connectivity index (χ2n) is 7.50. The molecule has 2 unspecified atom stereocenters. The molecule has 2 heteroatoms. The molecule has 102 valence electrons. The standard InChI is InChI=1S/C16H28N2/c1-18-14-6-7-15(18)9-11(8-14)10-17-16(12-2-3-12)13-4-5-13/h11-17H,2-10H2,1H3. The minimum absolute atomic E-state index is 0.905. The van der Waals surface area contributed by atoms with E-state index in [1.807, 2.05) is 0 Å². The summed E-state index contributed by atoms with van der Waals surface area (Å²) < 4.78 is 0. The van der Waals surface area contributed by atoms with Gasteiger partial charge in [-0.2, -0.15) is 0 Å². The van der Waals surface area contributed by atoms with Crippen LogP contribution in [0.2, 0.25) is 0 Å². The Bertz CT molecular complexity index is 282. The molecular formula is C16H28N2. The Hall–Kier alpha value is -0.0800. The summed E-state index contributed by atoms with van der Waals surface area (Å²) in [5.41, 5.74) is 0. The van der Waals surface area contributed by atoms with Crippen molar-refractivity contribution in [3.8, 4) is 0 Å². The molecular weight excluding hydrogens is 220 g/mol. The Labute approximate surface area is 111 Å². The van der Waals surface area contributed by atoms with Crippen LogP contribution in [0.1, 0.15) is 51.4 Å². The van der Waals surface area contributed by atoms with Crippen LogP contribution in [-0.4, -0.2) is 36.6 Å². The lowest BCUT2D eigenvalue weighted by Crippen LogP contribution is -2.44. The number of hydrogen-bond acceptors (Lipinski definition) is 2. The van der Waals surface area contributed by atoms with Crippen molar-refractivity contribution < 1.29 is 0 Å². The molecule has 2 aliphatic heterocycles. The third kappa shape index (κ3) is 2.22. The summed E-state index contributed by atoms with van der Waals surface area (Å²) in [7, 11) is 2.35. The van der Waals surface area contributed by atoms with E-state index < -0.39 is 0 Å². The number of rotatable bonds is 5. The maximum Gasteiger partial charge on any atom is 0.0124 e. The average molecular weight is 248 g/mol. The maximum atomic E-state index is 3.98. The molecule has 18 heavy (non-hydrogen) atoms. The Morgan fingerprint density at radius 2 is 1.50 bits per heavy atom. The highest BCUT2D eigenvalue weighted by Crippen LogP contribution is 2.45. The van der Waals surface area contributed by atoms with Crippen molar-refractivity contribution in [3.05, 3.63) is 0 Å². The first-order valence-corrected chi connectivity index (χ1v) is 8.26. The molecule has 2 heterocycles. The van der Waals surface area contributed by atoms with E-state index in [0.29, 0.717) is 0 Å². The lowest BCUT2D eigenvalue weighted by atomic mass is 9.90. The molecule has 4 fully saturated rings. The average Bonchev–Trinajstić information content (AvgIpc) is 3.26. The molecule has 0 aromatic carbocycles. The van der Waals surface area contributed by atoms with Crippen LogP contribution in [0.15, 0.2) is 0 Å². The molecule has 0 radical (unpaired) electrons. The van der Waals surface area contributed by atoms with Crippen LogP contribution < -0.4 is 5.32 Å². The van der Waals surface area contributed by atoms with Gasteiger partial charge in [0.05, 0.1) is 0 Å². The molecule has 2 saturated carbocycles. The fraction of sp³-hybridized carbons (Fsp3) is 1.00. The number of nitrogens with one attached hydrogen (secondary N) is 1. The van der Waals surface area contributed by atoms with Crippen LogP contribution in [0.5, 0.6) is 0 Å². The van der Waals surface area contributed by atoms with Gasteiger partial charge in [-0.1, -0.05) is 0 Å². The molecule has 0 spiro atoms. The molecule has 2 saturated heterocycles. The molecule has 4 aliphatic rings. The molecule has 0 amide bonds. The van der Waals surface area contributed by atoms with Crippen molar-refractivity contribution in [2.45, 2.75) is 69.5 Å².